The van der Waals surface area contributed by atoms with Crippen LogP contribution in [0.3, 0.4) is 0 Å². The lowest BCUT2D eigenvalue weighted by molar-refractivity contribution is -0.232. The van der Waals surface area contributed by atoms with Crippen molar-refractivity contribution >= 4 is 0 Å². The molecular weight excluding hydrogens is 186 g/mol. The van der Waals surface area contributed by atoms with Crippen molar-refractivity contribution in [1.82, 2.24) is 0 Å². The lowest BCUT2D eigenvalue weighted by Crippen LogP contribution is -2.20. The highest BCUT2D eigenvalue weighted by Gasteiger charge is 2.43. The first-order chi connectivity index (χ1) is 5.12. The number of hydrogen-bond donors (Lipinski definition) is 0. The maximum absolute atomic E-state index is 10.8. The maximum atomic E-state index is 10.8. The van der Waals surface area contributed by atoms with E-state index in [1.165, 1.54) is 0 Å². The predicted molar refractivity (Wildman–Crippen MR) is 32.6 cm³/mol. The summed E-state index contributed by atoms with van der Waals surface area (Å²) in [6.45, 7) is 5.25. The van der Waals surface area contributed by atoms with E-state index in [1.54, 1.807) is 6.08 Å². The molecule has 6 heteroatoms. The van der Waals surface area contributed by atoms with E-state index in [4.69, 9.17) is 0 Å². The first kappa shape index (κ1) is 13.9. The van der Waals surface area contributed by atoms with Crippen LogP contribution in [0.25, 0.3) is 0 Å². The zero-order valence-electron chi connectivity index (χ0n) is 6.26. The summed E-state index contributed by atoms with van der Waals surface area (Å²) in [5.41, 5.74) is 0. The Morgan fingerprint density at radius 1 is 1.00 bits per heavy atom. The van der Waals surface area contributed by atoms with Crippen LogP contribution in [0, 0.1) is 0 Å². The summed E-state index contributed by atoms with van der Waals surface area (Å²) in [7, 11) is 0. The van der Waals surface area contributed by atoms with Crippen molar-refractivity contribution in [3.05, 3.63) is 12.7 Å². The topological polar surface area (TPSA) is 0 Å². The summed E-state index contributed by atoms with van der Waals surface area (Å²) in [6, 6.07) is 0. The highest BCUT2D eigenvalue weighted by molar-refractivity contribution is 4.57. The van der Waals surface area contributed by atoms with Gasteiger partial charge in [0.15, 0.2) is 0 Å². The van der Waals surface area contributed by atoms with E-state index in [2.05, 4.69) is 6.58 Å². The monoisotopic (exact) mass is 194 g/mol. The summed E-state index contributed by atoms with van der Waals surface area (Å²) in [5.74, 6) is 0. The quantitative estimate of drug-likeness (QED) is 0.407. The summed E-state index contributed by atoms with van der Waals surface area (Å²) >= 11 is 0. The van der Waals surface area contributed by atoms with Gasteiger partial charge in [-0.15, -0.1) is 6.58 Å². The van der Waals surface area contributed by atoms with Gasteiger partial charge in [0.25, 0.3) is 0 Å². The van der Waals surface area contributed by atoms with Crippen molar-refractivity contribution in [1.29, 1.82) is 0 Å². The molecule has 0 aliphatic heterocycles. The van der Waals surface area contributed by atoms with E-state index in [1.807, 2.05) is 6.92 Å². The van der Waals surface area contributed by atoms with Crippen LogP contribution in [0.4, 0.5) is 26.3 Å². The van der Waals surface area contributed by atoms with Crippen LogP contribution in [0.15, 0.2) is 12.7 Å². The van der Waals surface area contributed by atoms with Gasteiger partial charge in [0, 0.05) is 0 Å². The molecule has 0 aromatic rings. The Labute approximate surface area is 65.9 Å². The zero-order chi connectivity index (χ0) is 10.4. The first-order valence-electron chi connectivity index (χ1n) is 2.83. The fraction of sp³-hybridized carbons (Fsp3) is 0.667. The second kappa shape index (κ2) is 5.05. The van der Waals surface area contributed by atoms with Crippen molar-refractivity contribution in [3.63, 3.8) is 0 Å². The molecule has 0 aliphatic rings. The molecule has 0 atom stereocenters. The molecule has 0 rings (SSSR count). The summed E-state index contributed by atoms with van der Waals surface area (Å²) in [4.78, 5) is 0. The number of halogens is 6. The predicted octanol–water partition coefficient (Wildman–Crippen LogP) is 3.69. The minimum atomic E-state index is -5.14. The van der Waals surface area contributed by atoms with Crippen LogP contribution >= 0.6 is 0 Å². The largest absolute Gasteiger partial charge is 0.397 e. The van der Waals surface area contributed by atoms with Gasteiger partial charge in [-0.1, -0.05) is 6.08 Å². The van der Waals surface area contributed by atoms with Crippen LogP contribution in [0.5, 0.6) is 0 Å². The van der Waals surface area contributed by atoms with Gasteiger partial charge in [0.1, 0.15) is 6.42 Å². The molecule has 0 fully saturated rings. The molecule has 0 radical (unpaired) electrons. The molecule has 0 bridgehead atoms. The van der Waals surface area contributed by atoms with E-state index >= 15 is 0 Å². The van der Waals surface area contributed by atoms with Crippen LogP contribution in [0.1, 0.15) is 13.3 Å². The molecule has 74 valence electrons. The molecular formula is C6H8F6. The summed E-state index contributed by atoms with van der Waals surface area (Å²) < 4.78 is 65.0. The van der Waals surface area contributed by atoms with Gasteiger partial charge < -0.3 is 0 Å². The normalized spacial score (nSPS) is 11.6. The third kappa shape index (κ3) is 22.8. The van der Waals surface area contributed by atoms with Crippen LogP contribution in [-0.2, 0) is 0 Å². The van der Waals surface area contributed by atoms with Crippen LogP contribution in [0.2, 0.25) is 0 Å². The molecule has 0 unspecified atom stereocenters. The van der Waals surface area contributed by atoms with Crippen LogP contribution in [-0.4, -0.2) is 12.4 Å². The van der Waals surface area contributed by atoms with Crippen molar-refractivity contribution in [2.75, 3.05) is 0 Å². The summed E-state index contributed by atoms with van der Waals surface area (Å²) in [6.07, 6.45) is -11.2. The molecule has 0 aromatic heterocycles. The third-order valence-electron chi connectivity index (χ3n) is 0.401. The van der Waals surface area contributed by atoms with Crippen molar-refractivity contribution < 1.29 is 26.3 Å². The highest BCUT2D eigenvalue weighted by atomic mass is 19.4. The van der Waals surface area contributed by atoms with Gasteiger partial charge in [-0.2, -0.15) is 26.3 Å². The standard InChI is InChI=1S/C3H2F6.C3H6/c4-2(5,6)1-3(7,8)9;1-3-2/h1H2;3H,1H2,2H3. The first-order valence-corrected chi connectivity index (χ1v) is 2.83. The second-order valence-corrected chi connectivity index (χ2v) is 1.82. The molecule has 0 heterocycles. The fourth-order valence-corrected chi connectivity index (χ4v) is 0.227. The molecule has 0 N–H and O–H groups in total. The molecule has 0 nitrogen and oxygen atoms in total. The van der Waals surface area contributed by atoms with Crippen molar-refractivity contribution in [2.24, 2.45) is 0 Å². The minimum Gasteiger partial charge on any atom is -0.171 e. The zero-order valence-corrected chi connectivity index (χ0v) is 6.26. The Morgan fingerprint density at radius 3 is 1.17 bits per heavy atom. The Kier molecular flexibility index (Phi) is 5.84. The number of rotatable bonds is 0. The van der Waals surface area contributed by atoms with E-state index < -0.39 is 18.8 Å². The Balaban J connectivity index is 0. The Bertz CT molecular complexity index is 107. The average Bonchev–Trinajstić information content (AvgIpc) is 1.53. The van der Waals surface area contributed by atoms with E-state index in [-0.39, 0.29) is 0 Å². The average molecular weight is 194 g/mol. The van der Waals surface area contributed by atoms with Crippen LogP contribution < -0.4 is 0 Å². The Morgan fingerprint density at radius 2 is 1.17 bits per heavy atom. The maximum Gasteiger partial charge on any atom is 0.397 e. The van der Waals surface area contributed by atoms with Gasteiger partial charge in [-0.3, -0.25) is 0 Å². The third-order valence-corrected chi connectivity index (χ3v) is 0.401. The number of alkyl halides is 6. The van der Waals surface area contributed by atoms with E-state index in [0.717, 1.165) is 0 Å². The molecule has 0 saturated carbocycles. The molecule has 0 amide bonds. The van der Waals surface area contributed by atoms with Gasteiger partial charge in [0.05, 0.1) is 0 Å². The lowest BCUT2D eigenvalue weighted by atomic mass is 10.4. The lowest BCUT2D eigenvalue weighted by Gasteiger charge is -2.08. The summed E-state index contributed by atoms with van der Waals surface area (Å²) in [5, 5.41) is 0. The van der Waals surface area contributed by atoms with Gasteiger partial charge in [0.2, 0.25) is 0 Å². The Hall–Kier alpha value is -0.680. The smallest absolute Gasteiger partial charge is 0.171 e. The molecule has 0 spiro atoms. The van der Waals surface area contributed by atoms with E-state index in [0.29, 0.717) is 0 Å². The second-order valence-electron chi connectivity index (χ2n) is 1.82. The molecule has 12 heavy (non-hydrogen) atoms. The molecule has 0 saturated heterocycles. The van der Waals surface area contributed by atoms with E-state index in [9.17, 15) is 26.3 Å². The van der Waals surface area contributed by atoms with Gasteiger partial charge in [-0.05, 0) is 6.92 Å². The van der Waals surface area contributed by atoms with Gasteiger partial charge >= 0.3 is 12.4 Å². The number of allylic oxidation sites excluding steroid dienone is 1. The molecule has 0 aromatic carbocycles. The number of hydrogen-bond acceptors (Lipinski definition) is 0. The SMILES string of the molecule is C=CC.FC(F)(F)CC(F)(F)F. The van der Waals surface area contributed by atoms with Crippen molar-refractivity contribution in [2.45, 2.75) is 25.7 Å². The minimum absolute atomic E-state index is 1.75. The molecule has 0 aliphatic carbocycles. The highest BCUT2D eigenvalue weighted by Crippen LogP contribution is 2.31. The van der Waals surface area contributed by atoms with Gasteiger partial charge in [-0.25, -0.2) is 0 Å². The fourth-order valence-electron chi connectivity index (χ4n) is 0.227. The van der Waals surface area contributed by atoms with Crippen molar-refractivity contribution in [3.8, 4) is 0 Å².